The summed E-state index contributed by atoms with van der Waals surface area (Å²) in [6.45, 7) is 14.5. The van der Waals surface area contributed by atoms with Gasteiger partial charge in [-0.15, -0.1) is 0 Å². The summed E-state index contributed by atoms with van der Waals surface area (Å²) in [5.41, 5.74) is 4.81. The van der Waals surface area contributed by atoms with Gasteiger partial charge >= 0.3 is 0 Å². The van der Waals surface area contributed by atoms with E-state index in [4.69, 9.17) is 26.8 Å². The van der Waals surface area contributed by atoms with E-state index in [0.29, 0.717) is 49.1 Å². The van der Waals surface area contributed by atoms with Crippen LogP contribution in [0.5, 0.6) is 11.5 Å². The number of halogens is 1. The number of ether oxygens (including phenoxy) is 2. The zero-order valence-corrected chi connectivity index (χ0v) is 34.2. The Morgan fingerprint density at radius 2 is 1.57 bits per heavy atom. The van der Waals surface area contributed by atoms with Gasteiger partial charge in [-0.1, -0.05) is 39.3 Å². The molecule has 4 heterocycles. The first kappa shape index (κ1) is 40.6. The lowest BCUT2D eigenvalue weighted by Crippen LogP contribution is -2.77. The van der Waals surface area contributed by atoms with E-state index in [1.807, 2.05) is 33.8 Å². The Balaban J connectivity index is 0.968. The van der Waals surface area contributed by atoms with Crippen LogP contribution in [0, 0.1) is 22.2 Å². The second kappa shape index (κ2) is 15.3. The first-order chi connectivity index (χ1) is 27.4. The molecule has 304 valence electrons. The highest BCUT2D eigenvalue weighted by molar-refractivity contribution is 6.31. The number of imide groups is 2. The molecule has 3 aliphatic heterocycles. The number of piperidine rings is 1. The number of nitrogens with two attached hydrogens (primary N) is 1. The fraction of sp³-hybridized carbons (Fsp3) is 0.476. The number of hydrogen-bond acceptors (Lipinski definition) is 12. The number of fused-ring (bicyclic) bond motifs is 1. The van der Waals surface area contributed by atoms with Crippen molar-refractivity contribution in [2.45, 2.75) is 91.1 Å². The summed E-state index contributed by atoms with van der Waals surface area (Å²) in [6, 6.07) is 10.2. The van der Waals surface area contributed by atoms with Gasteiger partial charge in [-0.3, -0.25) is 38.7 Å². The molecule has 4 aliphatic rings. The first-order valence-electron chi connectivity index (χ1n) is 19.4. The predicted octanol–water partition coefficient (Wildman–Crippen LogP) is 4.46. The van der Waals surface area contributed by atoms with Crippen LogP contribution in [0.3, 0.4) is 0 Å². The Hall–Kier alpha value is -5.59. The van der Waals surface area contributed by atoms with E-state index in [2.05, 4.69) is 33.6 Å². The average molecular weight is 811 g/mol. The van der Waals surface area contributed by atoms with Crippen LogP contribution in [-0.2, 0) is 9.59 Å². The summed E-state index contributed by atoms with van der Waals surface area (Å²) in [4.78, 5) is 82.3. The van der Waals surface area contributed by atoms with Crippen LogP contribution in [-0.4, -0.2) is 111 Å². The number of anilines is 1. The van der Waals surface area contributed by atoms with E-state index in [9.17, 15) is 29.2 Å². The molecule has 3 fully saturated rings. The minimum atomic E-state index is -1.15. The van der Waals surface area contributed by atoms with Crippen molar-refractivity contribution in [3.63, 3.8) is 0 Å². The Kier molecular flexibility index (Phi) is 10.7. The van der Waals surface area contributed by atoms with Crippen LogP contribution < -0.4 is 20.1 Å². The quantitative estimate of drug-likeness (QED) is 0.212. The van der Waals surface area contributed by atoms with Gasteiger partial charge < -0.3 is 20.1 Å². The Labute approximate surface area is 342 Å². The fourth-order valence-electron chi connectivity index (χ4n) is 9.79. The number of amides is 5. The molecule has 2 aromatic carbocycles. The van der Waals surface area contributed by atoms with E-state index in [-0.39, 0.29) is 52.5 Å². The third kappa shape index (κ3) is 7.02. The van der Waals surface area contributed by atoms with E-state index in [0.717, 1.165) is 11.4 Å². The minimum Gasteiger partial charge on any atom is -0.494 e. The molecule has 1 saturated carbocycles. The molecule has 58 heavy (non-hydrogen) atoms. The predicted molar refractivity (Wildman–Crippen MR) is 212 cm³/mol. The lowest BCUT2D eigenvalue weighted by Gasteiger charge is -2.65. The molecule has 0 radical (unpaired) electrons. The summed E-state index contributed by atoms with van der Waals surface area (Å²) in [5.74, 6) is -1.27. The molecule has 15 nitrogen and oxygen atoms in total. The summed E-state index contributed by atoms with van der Waals surface area (Å²) in [6.07, 6.45) is 3.16. The molecular formula is C42H47ClN8O7. The van der Waals surface area contributed by atoms with Gasteiger partial charge in [-0.2, -0.15) is 5.26 Å². The third-order valence-corrected chi connectivity index (χ3v) is 12.4. The molecule has 3 atom stereocenters. The molecule has 3 aromatic rings. The van der Waals surface area contributed by atoms with Gasteiger partial charge in [0.2, 0.25) is 11.9 Å². The maximum absolute atomic E-state index is 14.3. The molecule has 7 rings (SSSR count). The fourth-order valence-corrected chi connectivity index (χ4v) is 10.0. The Bertz CT molecular complexity index is 2190. The summed E-state index contributed by atoms with van der Waals surface area (Å²) < 4.78 is 12.4. The monoisotopic (exact) mass is 810 g/mol. The number of rotatable bonds is 11. The summed E-state index contributed by atoms with van der Waals surface area (Å²) >= 11 is 6.26. The van der Waals surface area contributed by atoms with Gasteiger partial charge in [0.25, 0.3) is 23.6 Å². The number of piperazine rings is 1. The van der Waals surface area contributed by atoms with Crippen LogP contribution in [0.25, 0.3) is 0 Å². The molecule has 2 N–H and O–H groups in total. The Morgan fingerprint density at radius 1 is 0.931 bits per heavy atom. The lowest BCUT2D eigenvalue weighted by atomic mass is 9.48. The van der Waals surface area contributed by atoms with Gasteiger partial charge in [0, 0.05) is 67.4 Å². The van der Waals surface area contributed by atoms with Crippen molar-refractivity contribution in [1.29, 1.82) is 5.26 Å². The largest absolute Gasteiger partial charge is 0.494 e. The van der Waals surface area contributed by atoms with Crippen LogP contribution in [0.15, 0.2) is 48.8 Å². The number of carbonyl (C=O) groups is 5. The molecule has 1 aliphatic carbocycles. The molecule has 0 unspecified atom stereocenters. The van der Waals surface area contributed by atoms with Gasteiger partial charge in [-0.25, -0.2) is 9.97 Å². The van der Waals surface area contributed by atoms with Crippen molar-refractivity contribution >= 4 is 47.1 Å². The number of aromatic nitrogens is 2. The van der Waals surface area contributed by atoms with Gasteiger partial charge in [0.15, 0.2) is 0 Å². The van der Waals surface area contributed by atoms with Crippen molar-refractivity contribution in [1.82, 2.24) is 24.7 Å². The number of nitriles is 1. The van der Waals surface area contributed by atoms with Crippen molar-refractivity contribution in [2.75, 3.05) is 31.1 Å². The van der Waals surface area contributed by atoms with E-state index in [1.165, 1.54) is 17.3 Å². The second-order valence-corrected chi connectivity index (χ2v) is 17.2. The third-order valence-electron chi connectivity index (χ3n) is 12.1. The van der Waals surface area contributed by atoms with Gasteiger partial charge in [-0.05, 0) is 57.0 Å². The standard InChI is InChI=1S/C42H47ClN8O7/c1-23-21-48(40-46-19-26(20-47-40)34(45)53)22-24(2)49(23)14-7-15-57-27-10-11-29-30(16-27)36(55)50(35(29)54)32-12-13-33(52)51(37(32)56)38-41(3,4)39(42(38,5)6)58-28-9-8-25(18-44)31(43)17-28/h8-11,16-17,19-20,23-24,32,38-39H,7,12-15,21-22H2,1-6H3,(H2,45,53)/t23-,24-,32-,38?,39?/m1/s1. The number of benzene rings is 2. The number of hydrogen-bond donors (Lipinski definition) is 1. The molecular weight excluding hydrogens is 764 g/mol. The van der Waals surface area contributed by atoms with Crippen LogP contribution in [0.2, 0.25) is 5.02 Å². The molecule has 16 heteroatoms. The van der Waals surface area contributed by atoms with Crippen molar-refractivity contribution in [3.05, 3.63) is 76.1 Å². The van der Waals surface area contributed by atoms with E-state index < -0.39 is 52.6 Å². The average Bonchev–Trinajstić information content (AvgIpc) is 3.42. The van der Waals surface area contributed by atoms with E-state index in [1.54, 1.807) is 36.4 Å². The maximum atomic E-state index is 14.3. The number of carbonyl (C=O) groups excluding carboxylic acids is 5. The SMILES string of the molecule is C[C@@H]1CN(c2ncc(C(N)=O)cn2)C[C@@H](C)N1CCCOc1ccc2c(c1)C(=O)N([C@@H]1CCC(=O)N(C3C(C)(C)C(Oc4ccc(C#N)c(Cl)c4)C3(C)C)C1=O)C2=O. The normalized spacial score (nSPS) is 25.3. The molecule has 5 amide bonds. The van der Waals surface area contributed by atoms with Gasteiger partial charge in [0.1, 0.15) is 29.7 Å². The van der Waals surface area contributed by atoms with Crippen molar-refractivity contribution < 1.29 is 33.4 Å². The number of primary amides is 1. The lowest BCUT2D eigenvalue weighted by molar-refractivity contribution is -0.216. The van der Waals surface area contributed by atoms with Crippen molar-refractivity contribution in [3.8, 4) is 17.6 Å². The Morgan fingerprint density at radius 3 is 2.19 bits per heavy atom. The molecule has 0 spiro atoms. The molecule has 1 aromatic heterocycles. The van der Waals surface area contributed by atoms with E-state index >= 15 is 0 Å². The van der Waals surface area contributed by atoms with Crippen LogP contribution >= 0.6 is 11.6 Å². The zero-order valence-electron chi connectivity index (χ0n) is 33.4. The highest BCUT2D eigenvalue weighted by atomic mass is 35.5. The number of likely N-dealkylation sites (tertiary alicyclic amines) is 1. The summed E-state index contributed by atoms with van der Waals surface area (Å²) in [5, 5.41) is 9.52. The van der Waals surface area contributed by atoms with Gasteiger partial charge in [0.05, 0.1) is 39.9 Å². The van der Waals surface area contributed by atoms with Crippen LogP contribution in [0.4, 0.5) is 5.95 Å². The second-order valence-electron chi connectivity index (χ2n) is 16.8. The summed E-state index contributed by atoms with van der Waals surface area (Å²) in [7, 11) is 0. The smallest absolute Gasteiger partial charge is 0.262 e. The highest BCUT2D eigenvalue weighted by Crippen LogP contribution is 2.58. The zero-order chi connectivity index (χ0) is 41.8. The topological polar surface area (TPSA) is 192 Å². The first-order valence-corrected chi connectivity index (χ1v) is 19.8. The minimum absolute atomic E-state index is 0.0122. The maximum Gasteiger partial charge on any atom is 0.262 e. The molecule has 2 saturated heterocycles. The van der Waals surface area contributed by atoms with Crippen molar-refractivity contribution in [2.24, 2.45) is 16.6 Å². The number of nitrogens with zero attached hydrogens (tertiary/aromatic N) is 7. The van der Waals surface area contributed by atoms with Crippen LogP contribution in [0.1, 0.15) is 97.4 Å². The molecule has 0 bridgehead atoms. The highest BCUT2D eigenvalue weighted by Gasteiger charge is 2.68.